The van der Waals surface area contributed by atoms with Crippen LogP contribution in [-0.2, 0) is 0 Å². The van der Waals surface area contributed by atoms with Gasteiger partial charge in [-0.05, 0) is 48.0 Å². The molecule has 130 valence electrons. The molecular formula is C18H12F2N4O2. The highest BCUT2D eigenvalue weighted by Crippen LogP contribution is 2.16. The maximum atomic E-state index is 13.0. The van der Waals surface area contributed by atoms with E-state index in [1.807, 2.05) is 0 Å². The number of hydrogen-bond donors (Lipinski definition) is 2. The monoisotopic (exact) mass is 354 g/mol. The third-order valence-corrected chi connectivity index (χ3v) is 3.38. The molecule has 1 aromatic heterocycles. The van der Waals surface area contributed by atoms with Crippen molar-refractivity contribution in [3.63, 3.8) is 0 Å². The molecule has 0 radical (unpaired) electrons. The van der Waals surface area contributed by atoms with Crippen LogP contribution in [0.3, 0.4) is 0 Å². The second kappa shape index (κ2) is 7.47. The van der Waals surface area contributed by atoms with E-state index in [1.54, 1.807) is 0 Å². The van der Waals surface area contributed by atoms with E-state index < -0.39 is 17.4 Å². The molecule has 0 aliphatic rings. The number of carbonyl (C=O) groups excluding carboxylic acids is 1. The Morgan fingerprint density at radius 3 is 2.31 bits per heavy atom. The molecule has 0 bridgehead atoms. The van der Waals surface area contributed by atoms with Crippen molar-refractivity contribution in [3.8, 4) is 11.3 Å². The average Bonchev–Trinajstić information content (AvgIpc) is 2.63. The van der Waals surface area contributed by atoms with Crippen molar-refractivity contribution in [2.75, 3.05) is 0 Å². The molecule has 0 fully saturated rings. The maximum Gasteiger partial charge on any atom is 0.346 e. The van der Waals surface area contributed by atoms with Crippen molar-refractivity contribution in [1.29, 1.82) is 0 Å². The molecule has 26 heavy (non-hydrogen) atoms. The molecule has 8 heteroatoms. The Morgan fingerprint density at radius 1 is 1.04 bits per heavy atom. The molecular weight excluding hydrogens is 342 g/mol. The number of halogens is 2. The van der Waals surface area contributed by atoms with Crippen molar-refractivity contribution in [3.05, 3.63) is 88.0 Å². The molecule has 0 unspecified atom stereocenters. The Morgan fingerprint density at radius 2 is 1.65 bits per heavy atom. The summed E-state index contributed by atoms with van der Waals surface area (Å²) in [6, 6.07) is 12.2. The second-order valence-corrected chi connectivity index (χ2v) is 5.24. The number of hydrogen-bond acceptors (Lipinski definition) is 4. The summed E-state index contributed by atoms with van der Waals surface area (Å²) < 4.78 is 25.8. The lowest BCUT2D eigenvalue weighted by Gasteiger charge is -2.04. The van der Waals surface area contributed by atoms with Gasteiger partial charge in [0, 0.05) is 5.56 Å². The van der Waals surface area contributed by atoms with Gasteiger partial charge in [0.25, 0.3) is 5.91 Å². The number of amides is 1. The van der Waals surface area contributed by atoms with Gasteiger partial charge in [0.15, 0.2) is 0 Å². The number of nitrogens with one attached hydrogen (secondary N) is 2. The average molecular weight is 354 g/mol. The molecule has 0 saturated heterocycles. The van der Waals surface area contributed by atoms with Crippen molar-refractivity contribution in [1.82, 2.24) is 15.4 Å². The maximum absolute atomic E-state index is 13.0. The molecule has 2 N–H and O–H groups in total. The first-order valence-corrected chi connectivity index (χ1v) is 7.47. The third-order valence-electron chi connectivity index (χ3n) is 3.38. The van der Waals surface area contributed by atoms with Gasteiger partial charge < -0.3 is 4.98 Å². The summed E-state index contributed by atoms with van der Waals surface area (Å²) in [4.78, 5) is 29.9. The molecule has 0 saturated carbocycles. The second-order valence-electron chi connectivity index (χ2n) is 5.24. The van der Waals surface area contributed by atoms with E-state index in [1.165, 1.54) is 60.8 Å². The van der Waals surface area contributed by atoms with Gasteiger partial charge in [-0.15, -0.1) is 0 Å². The first-order valence-electron chi connectivity index (χ1n) is 7.47. The molecule has 3 rings (SSSR count). The minimum Gasteiger partial charge on any atom is -0.301 e. The molecule has 0 atom stereocenters. The van der Waals surface area contributed by atoms with Crippen molar-refractivity contribution in [2.24, 2.45) is 5.10 Å². The third kappa shape index (κ3) is 4.23. The lowest BCUT2D eigenvalue weighted by Crippen LogP contribution is -2.24. The van der Waals surface area contributed by atoms with Gasteiger partial charge in [-0.1, -0.05) is 12.1 Å². The number of hydrazone groups is 1. The molecule has 0 aliphatic heterocycles. The number of aromatic amines is 1. The predicted octanol–water partition coefficient (Wildman–Crippen LogP) is 2.48. The first-order chi connectivity index (χ1) is 12.5. The highest BCUT2D eigenvalue weighted by Gasteiger charge is 2.10. The fraction of sp³-hybridized carbons (Fsp3) is 0. The first kappa shape index (κ1) is 17.2. The summed E-state index contributed by atoms with van der Waals surface area (Å²) in [6.45, 7) is 0. The van der Waals surface area contributed by atoms with Crippen LogP contribution in [-0.4, -0.2) is 22.1 Å². The van der Waals surface area contributed by atoms with Crippen molar-refractivity contribution < 1.29 is 13.6 Å². The van der Waals surface area contributed by atoms with Crippen LogP contribution in [0.25, 0.3) is 11.3 Å². The Kier molecular flexibility index (Phi) is 4.93. The lowest BCUT2D eigenvalue weighted by atomic mass is 10.1. The van der Waals surface area contributed by atoms with E-state index in [0.29, 0.717) is 11.1 Å². The topological polar surface area (TPSA) is 87.2 Å². The molecule has 6 nitrogen and oxygen atoms in total. The molecule has 1 heterocycles. The van der Waals surface area contributed by atoms with Crippen LogP contribution in [0.4, 0.5) is 8.78 Å². The van der Waals surface area contributed by atoms with Crippen LogP contribution in [0, 0.1) is 11.6 Å². The lowest BCUT2D eigenvalue weighted by molar-refractivity contribution is 0.0949. The van der Waals surface area contributed by atoms with Gasteiger partial charge in [-0.25, -0.2) is 19.0 Å². The Labute approximate surface area is 146 Å². The van der Waals surface area contributed by atoms with Crippen LogP contribution in [0.5, 0.6) is 0 Å². The number of H-pyrrole nitrogens is 1. The predicted molar refractivity (Wildman–Crippen MR) is 91.7 cm³/mol. The summed E-state index contributed by atoms with van der Waals surface area (Å²) in [7, 11) is 0. The Hall–Kier alpha value is -3.68. The number of benzene rings is 2. The van der Waals surface area contributed by atoms with Crippen LogP contribution >= 0.6 is 0 Å². The number of carbonyl (C=O) groups is 1. The highest BCUT2D eigenvalue weighted by molar-refractivity contribution is 5.93. The zero-order chi connectivity index (χ0) is 18.5. The van der Waals surface area contributed by atoms with Gasteiger partial charge >= 0.3 is 5.69 Å². The quantitative estimate of drug-likeness (QED) is 0.557. The smallest absolute Gasteiger partial charge is 0.301 e. The van der Waals surface area contributed by atoms with Gasteiger partial charge in [0.1, 0.15) is 17.3 Å². The van der Waals surface area contributed by atoms with E-state index >= 15 is 0 Å². The summed E-state index contributed by atoms with van der Waals surface area (Å²) in [6.07, 6.45) is 1.33. The fourth-order valence-electron chi connectivity index (χ4n) is 2.12. The fourth-order valence-corrected chi connectivity index (χ4v) is 2.12. The number of rotatable bonds is 4. The van der Waals surface area contributed by atoms with Gasteiger partial charge in [0.05, 0.1) is 11.9 Å². The number of aromatic nitrogens is 2. The van der Waals surface area contributed by atoms with Gasteiger partial charge in [0.2, 0.25) is 0 Å². The Balaban J connectivity index is 1.77. The summed E-state index contributed by atoms with van der Waals surface area (Å²) >= 11 is 0. The molecule has 0 spiro atoms. The van der Waals surface area contributed by atoms with E-state index in [9.17, 15) is 18.4 Å². The van der Waals surface area contributed by atoms with Gasteiger partial charge in [-0.2, -0.15) is 10.1 Å². The standard InChI is InChI=1S/C18H12F2N4O2/c19-13-5-1-11(2-6-13)10-21-24-17(25)16-9-15(22-18(26)23-16)12-3-7-14(20)8-4-12/h1-10H,(H,24,25)(H,22,23,26)/b21-10+. The van der Waals surface area contributed by atoms with E-state index in [0.717, 1.165) is 0 Å². The van der Waals surface area contributed by atoms with Gasteiger partial charge in [-0.3, -0.25) is 4.79 Å². The molecule has 3 aromatic rings. The van der Waals surface area contributed by atoms with Crippen molar-refractivity contribution in [2.45, 2.75) is 0 Å². The van der Waals surface area contributed by atoms with Crippen molar-refractivity contribution >= 4 is 12.1 Å². The minimum absolute atomic E-state index is 0.0550. The highest BCUT2D eigenvalue weighted by atomic mass is 19.1. The van der Waals surface area contributed by atoms with E-state index in [4.69, 9.17) is 0 Å². The Bertz CT molecular complexity index is 1010. The summed E-state index contributed by atoms with van der Waals surface area (Å²) in [5.41, 5.74) is 2.77. The molecule has 1 amide bonds. The summed E-state index contributed by atoms with van der Waals surface area (Å²) in [5.74, 6) is -1.47. The van der Waals surface area contributed by atoms with E-state index in [2.05, 4.69) is 20.5 Å². The molecule has 0 aliphatic carbocycles. The molecule has 2 aromatic carbocycles. The normalized spacial score (nSPS) is 10.8. The largest absolute Gasteiger partial charge is 0.346 e. The minimum atomic E-state index is -0.723. The van der Waals surface area contributed by atoms with Crippen LogP contribution in [0.15, 0.2) is 64.5 Å². The van der Waals surface area contributed by atoms with Crippen LogP contribution < -0.4 is 11.1 Å². The van der Waals surface area contributed by atoms with E-state index in [-0.39, 0.29) is 17.2 Å². The van der Waals surface area contributed by atoms with Crippen LogP contribution in [0.1, 0.15) is 16.1 Å². The summed E-state index contributed by atoms with van der Waals surface area (Å²) in [5, 5.41) is 3.75. The zero-order valence-corrected chi connectivity index (χ0v) is 13.2. The number of nitrogens with zero attached hydrogens (tertiary/aromatic N) is 2. The van der Waals surface area contributed by atoms with Crippen LogP contribution in [0.2, 0.25) is 0 Å². The zero-order valence-electron chi connectivity index (χ0n) is 13.2. The SMILES string of the molecule is O=C(N/N=C/c1ccc(F)cc1)c1cc(-c2ccc(F)cc2)nc(=O)[nH]1.